The lowest BCUT2D eigenvalue weighted by molar-refractivity contribution is -0.167. The molecule has 0 aromatic rings. The van der Waals surface area contributed by atoms with Crippen molar-refractivity contribution in [1.29, 1.82) is 0 Å². The molecule has 0 aromatic carbocycles. The van der Waals surface area contributed by atoms with E-state index in [0.717, 1.165) is 96.3 Å². The van der Waals surface area contributed by atoms with Gasteiger partial charge in [-0.15, -0.1) is 0 Å². The van der Waals surface area contributed by atoms with Crippen LogP contribution in [-0.4, -0.2) is 37.2 Å². The minimum Gasteiger partial charge on any atom is -0.462 e. The van der Waals surface area contributed by atoms with E-state index in [4.69, 9.17) is 14.2 Å². The van der Waals surface area contributed by atoms with E-state index in [9.17, 15) is 14.4 Å². The molecule has 0 aliphatic carbocycles. The van der Waals surface area contributed by atoms with Crippen LogP contribution in [0.2, 0.25) is 0 Å². The summed E-state index contributed by atoms with van der Waals surface area (Å²) in [6.45, 7) is 6.45. The van der Waals surface area contributed by atoms with Crippen LogP contribution in [0.25, 0.3) is 0 Å². The van der Waals surface area contributed by atoms with E-state index in [2.05, 4.69) is 81.5 Å². The molecule has 6 nitrogen and oxygen atoms in total. The Morgan fingerprint density at radius 2 is 0.705 bits per heavy atom. The molecule has 0 aliphatic rings. The predicted molar refractivity (Wildman–Crippen MR) is 261 cm³/mol. The molecule has 1 atom stereocenters. The summed E-state index contributed by atoms with van der Waals surface area (Å²) in [5.74, 6) is -0.906. The van der Waals surface area contributed by atoms with E-state index in [-0.39, 0.29) is 31.1 Å². The zero-order valence-corrected chi connectivity index (χ0v) is 40.2. The Morgan fingerprint density at radius 3 is 1.15 bits per heavy atom. The van der Waals surface area contributed by atoms with Gasteiger partial charge in [-0.2, -0.15) is 0 Å². The van der Waals surface area contributed by atoms with Gasteiger partial charge in [-0.25, -0.2) is 0 Å². The van der Waals surface area contributed by atoms with Gasteiger partial charge in [0.25, 0.3) is 0 Å². The summed E-state index contributed by atoms with van der Waals surface area (Å²) in [5, 5.41) is 0. The van der Waals surface area contributed by atoms with Crippen molar-refractivity contribution in [2.75, 3.05) is 13.2 Å². The smallest absolute Gasteiger partial charge is 0.306 e. The van der Waals surface area contributed by atoms with E-state index >= 15 is 0 Å². The van der Waals surface area contributed by atoms with E-state index in [1.807, 2.05) is 0 Å². The van der Waals surface area contributed by atoms with Crippen LogP contribution in [-0.2, 0) is 28.6 Å². The number of ether oxygens (including phenoxy) is 3. The molecule has 352 valence electrons. The highest BCUT2D eigenvalue weighted by Crippen LogP contribution is 2.15. The standard InChI is InChI=1S/C55H96O6/c1-4-7-10-13-16-19-22-24-26-27-28-29-30-32-33-36-39-42-45-48-54(57)60-51-52(50-59-53(56)47-44-41-38-35-21-18-15-12-9-6-3)61-55(58)49-46-43-40-37-34-31-25-23-20-17-14-11-8-5-2/h8,11,15-20,22,24,52H,4-7,9-10,12-14,21,23,25-51H2,1-3H3/b11-8-,18-15-,19-16-,20-17-,24-22-. The van der Waals surface area contributed by atoms with Gasteiger partial charge < -0.3 is 14.2 Å². The summed E-state index contributed by atoms with van der Waals surface area (Å²) >= 11 is 0. The molecule has 0 spiro atoms. The summed E-state index contributed by atoms with van der Waals surface area (Å²) < 4.78 is 16.8. The Bertz CT molecular complexity index is 1120. The fourth-order valence-electron chi connectivity index (χ4n) is 7.10. The largest absolute Gasteiger partial charge is 0.462 e. The first-order chi connectivity index (χ1) is 30.0. The van der Waals surface area contributed by atoms with E-state index in [0.29, 0.717) is 19.3 Å². The molecule has 0 amide bonds. The molecule has 0 saturated heterocycles. The normalized spacial score (nSPS) is 12.5. The first-order valence-corrected chi connectivity index (χ1v) is 25.8. The second kappa shape index (κ2) is 49.8. The fourth-order valence-corrected chi connectivity index (χ4v) is 7.10. The highest BCUT2D eigenvalue weighted by molar-refractivity contribution is 5.71. The topological polar surface area (TPSA) is 78.9 Å². The molecule has 61 heavy (non-hydrogen) atoms. The average Bonchev–Trinajstić information content (AvgIpc) is 3.26. The van der Waals surface area contributed by atoms with Crippen LogP contribution < -0.4 is 0 Å². The second-order valence-electron chi connectivity index (χ2n) is 17.1. The van der Waals surface area contributed by atoms with E-state index < -0.39 is 6.10 Å². The van der Waals surface area contributed by atoms with E-state index in [1.54, 1.807) is 0 Å². The molecule has 0 heterocycles. The summed E-state index contributed by atoms with van der Waals surface area (Å²) in [6.07, 6.45) is 60.6. The summed E-state index contributed by atoms with van der Waals surface area (Å²) in [6, 6.07) is 0. The van der Waals surface area contributed by atoms with Crippen molar-refractivity contribution in [3.63, 3.8) is 0 Å². The van der Waals surface area contributed by atoms with E-state index in [1.165, 1.54) is 116 Å². The summed E-state index contributed by atoms with van der Waals surface area (Å²) in [4.78, 5) is 37.9. The molecule has 0 radical (unpaired) electrons. The molecule has 0 aliphatic heterocycles. The van der Waals surface area contributed by atoms with Gasteiger partial charge in [0.05, 0.1) is 0 Å². The first-order valence-electron chi connectivity index (χ1n) is 25.8. The highest BCUT2D eigenvalue weighted by atomic mass is 16.6. The lowest BCUT2D eigenvalue weighted by Gasteiger charge is -2.18. The van der Waals surface area contributed by atoms with Gasteiger partial charge in [0, 0.05) is 19.3 Å². The van der Waals surface area contributed by atoms with Crippen LogP contribution in [0.15, 0.2) is 60.8 Å². The van der Waals surface area contributed by atoms with Crippen molar-refractivity contribution in [1.82, 2.24) is 0 Å². The molecule has 6 heteroatoms. The Hall–Kier alpha value is -2.89. The van der Waals surface area contributed by atoms with Gasteiger partial charge in [0.1, 0.15) is 13.2 Å². The molecule has 0 fully saturated rings. The fraction of sp³-hybridized carbons (Fsp3) is 0.764. The third-order valence-corrected chi connectivity index (χ3v) is 11.0. The number of hydrogen-bond acceptors (Lipinski definition) is 6. The molecule has 0 aromatic heterocycles. The minimum absolute atomic E-state index is 0.0826. The Balaban J connectivity index is 4.33. The van der Waals surface area contributed by atoms with Gasteiger partial charge in [-0.3, -0.25) is 14.4 Å². The molecule has 0 saturated carbocycles. The molecule has 0 N–H and O–H groups in total. The average molecular weight is 853 g/mol. The highest BCUT2D eigenvalue weighted by Gasteiger charge is 2.19. The molecular weight excluding hydrogens is 757 g/mol. The van der Waals surface area contributed by atoms with Crippen molar-refractivity contribution in [2.24, 2.45) is 0 Å². The molecular formula is C55H96O6. The maximum Gasteiger partial charge on any atom is 0.306 e. The summed E-state index contributed by atoms with van der Waals surface area (Å²) in [5.41, 5.74) is 0. The lowest BCUT2D eigenvalue weighted by atomic mass is 10.1. The quantitative estimate of drug-likeness (QED) is 0.0200. The Labute approximate surface area is 377 Å². The van der Waals surface area contributed by atoms with Crippen molar-refractivity contribution >= 4 is 17.9 Å². The lowest BCUT2D eigenvalue weighted by Crippen LogP contribution is -2.30. The third kappa shape index (κ3) is 48.0. The monoisotopic (exact) mass is 853 g/mol. The van der Waals surface area contributed by atoms with Crippen LogP contribution in [0, 0.1) is 0 Å². The number of esters is 3. The van der Waals surface area contributed by atoms with Crippen molar-refractivity contribution in [2.45, 2.75) is 258 Å². The van der Waals surface area contributed by atoms with Crippen LogP contribution >= 0.6 is 0 Å². The van der Waals surface area contributed by atoms with Crippen molar-refractivity contribution < 1.29 is 28.6 Å². The maximum atomic E-state index is 12.8. The van der Waals surface area contributed by atoms with Crippen molar-refractivity contribution in [3.8, 4) is 0 Å². The summed E-state index contributed by atoms with van der Waals surface area (Å²) in [7, 11) is 0. The number of unbranched alkanes of at least 4 members (excludes halogenated alkanes) is 26. The van der Waals surface area contributed by atoms with Gasteiger partial charge in [0.15, 0.2) is 6.10 Å². The van der Waals surface area contributed by atoms with Crippen LogP contribution in [0.4, 0.5) is 0 Å². The van der Waals surface area contributed by atoms with Gasteiger partial charge in [-0.1, -0.05) is 204 Å². The zero-order chi connectivity index (χ0) is 44.4. The molecule has 0 rings (SSSR count). The number of rotatable bonds is 46. The van der Waals surface area contributed by atoms with Crippen molar-refractivity contribution in [3.05, 3.63) is 60.8 Å². The SMILES string of the molecule is CC/C=C\C/C=C\CCCCCCCCCC(=O)OC(COC(=O)CCCCCC/C=C\CCCC)COC(=O)CCCCCCCCCCCC/C=C\C=C/CCCCC. The zero-order valence-electron chi connectivity index (χ0n) is 40.2. The van der Waals surface area contributed by atoms with Crippen LogP contribution in [0.5, 0.6) is 0 Å². The minimum atomic E-state index is -0.782. The Morgan fingerprint density at radius 1 is 0.361 bits per heavy atom. The van der Waals surface area contributed by atoms with Gasteiger partial charge in [-0.05, 0) is 89.9 Å². The van der Waals surface area contributed by atoms with Gasteiger partial charge >= 0.3 is 17.9 Å². The molecule has 0 bridgehead atoms. The van der Waals surface area contributed by atoms with Gasteiger partial charge in [0.2, 0.25) is 0 Å². The van der Waals surface area contributed by atoms with Crippen LogP contribution in [0.3, 0.4) is 0 Å². The first kappa shape index (κ1) is 58.1. The predicted octanol–water partition coefficient (Wildman–Crippen LogP) is 16.9. The maximum absolute atomic E-state index is 12.8. The molecule has 1 unspecified atom stereocenters. The second-order valence-corrected chi connectivity index (χ2v) is 17.1. The third-order valence-electron chi connectivity index (χ3n) is 11.0. The number of hydrogen-bond donors (Lipinski definition) is 0. The van der Waals surface area contributed by atoms with Crippen LogP contribution in [0.1, 0.15) is 252 Å². The number of carbonyl (C=O) groups is 3. The number of carbonyl (C=O) groups excluding carboxylic acids is 3. The number of allylic oxidation sites excluding steroid dienone is 10. The Kier molecular flexibility index (Phi) is 47.4.